The van der Waals surface area contributed by atoms with Gasteiger partial charge in [0.1, 0.15) is 11.5 Å². The second-order valence-corrected chi connectivity index (χ2v) is 4.20. The number of alkyl halides is 3. The van der Waals surface area contributed by atoms with Gasteiger partial charge in [-0.2, -0.15) is 13.2 Å². The molecule has 0 fully saturated rings. The number of hydrogen-bond donors (Lipinski definition) is 1. The number of anilines is 1. The van der Waals surface area contributed by atoms with Crippen LogP contribution in [0.15, 0.2) is 42.5 Å². The average Bonchev–Trinajstić information content (AvgIpc) is 2.78. The molecule has 20 heavy (non-hydrogen) atoms. The van der Waals surface area contributed by atoms with Crippen molar-refractivity contribution < 1.29 is 13.2 Å². The number of hydrogen-bond acceptors (Lipinski definition) is 3. The maximum atomic E-state index is 13.3. The standard InChI is InChI=1S/C13H9F3N4/c14-13(15,16)12-11(8-4-2-1-3-5-8)18-10-7-6-9(17)19-20(10)12/h1-7H,(H2,17,19). The Morgan fingerprint density at radius 1 is 1.00 bits per heavy atom. The summed E-state index contributed by atoms with van der Waals surface area (Å²) in [4.78, 5) is 4.02. The highest BCUT2D eigenvalue weighted by molar-refractivity contribution is 5.67. The summed E-state index contributed by atoms with van der Waals surface area (Å²) in [6, 6.07) is 11.0. The number of benzene rings is 1. The minimum atomic E-state index is -4.58. The van der Waals surface area contributed by atoms with Crippen LogP contribution in [0, 0.1) is 0 Å². The normalized spacial score (nSPS) is 11.9. The third kappa shape index (κ3) is 1.97. The molecule has 0 aliphatic rings. The number of fused-ring (bicyclic) bond motifs is 1. The van der Waals surface area contributed by atoms with Crippen molar-refractivity contribution in [3.63, 3.8) is 0 Å². The first kappa shape index (κ1) is 12.5. The number of halogens is 3. The second-order valence-electron chi connectivity index (χ2n) is 4.20. The molecule has 2 N–H and O–H groups in total. The SMILES string of the molecule is Nc1ccc2nc(-c3ccccc3)c(C(F)(F)F)n2n1. The van der Waals surface area contributed by atoms with Gasteiger partial charge in [0.25, 0.3) is 0 Å². The largest absolute Gasteiger partial charge is 0.435 e. The smallest absolute Gasteiger partial charge is 0.382 e. The Kier molecular flexibility index (Phi) is 2.63. The van der Waals surface area contributed by atoms with Crippen LogP contribution in [-0.2, 0) is 6.18 Å². The molecule has 102 valence electrons. The van der Waals surface area contributed by atoms with Gasteiger partial charge in [0, 0.05) is 5.56 Å². The van der Waals surface area contributed by atoms with Crippen LogP contribution in [0.1, 0.15) is 5.69 Å². The van der Waals surface area contributed by atoms with Gasteiger partial charge in [0.2, 0.25) is 0 Å². The molecule has 4 nitrogen and oxygen atoms in total. The molecule has 0 amide bonds. The third-order valence-corrected chi connectivity index (χ3v) is 2.81. The van der Waals surface area contributed by atoms with Gasteiger partial charge in [0.15, 0.2) is 11.3 Å². The Morgan fingerprint density at radius 2 is 1.70 bits per heavy atom. The van der Waals surface area contributed by atoms with Crippen molar-refractivity contribution in [1.82, 2.24) is 14.6 Å². The molecule has 7 heteroatoms. The van der Waals surface area contributed by atoms with Crippen LogP contribution in [-0.4, -0.2) is 14.6 Å². The van der Waals surface area contributed by atoms with Gasteiger partial charge in [-0.15, -0.1) is 5.10 Å². The molecule has 0 saturated heterocycles. The summed E-state index contributed by atoms with van der Waals surface area (Å²) in [5, 5.41) is 3.70. The van der Waals surface area contributed by atoms with Gasteiger partial charge in [-0.3, -0.25) is 0 Å². The molecule has 0 unspecified atom stereocenters. The van der Waals surface area contributed by atoms with E-state index < -0.39 is 11.9 Å². The first-order chi connectivity index (χ1) is 9.47. The predicted molar refractivity (Wildman–Crippen MR) is 67.8 cm³/mol. The highest BCUT2D eigenvalue weighted by Gasteiger charge is 2.39. The first-order valence-corrected chi connectivity index (χ1v) is 5.75. The lowest BCUT2D eigenvalue weighted by Gasteiger charge is -2.08. The summed E-state index contributed by atoms with van der Waals surface area (Å²) in [6.07, 6.45) is -4.58. The number of nitrogen functional groups attached to an aromatic ring is 1. The molecule has 1 aromatic carbocycles. The summed E-state index contributed by atoms with van der Waals surface area (Å²) >= 11 is 0. The number of nitrogens with zero attached hydrogens (tertiary/aromatic N) is 3. The summed E-state index contributed by atoms with van der Waals surface area (Å²) in [6.45, 7) is 0. The molecule has 3 aromatic rings. The lowest BCUT2D eigenvalue weighted by atomic mass is 10.1. The number of nitrogens with two attached hydrogens (primary N) is 1. The van der Waals surface area contributed by atoms with Crippen molar-refractivity contribution in [2.75, 3.05) is 5.73 Å². The molecule has 0 bridgehead atoms. The number of rotatable bonds is 1. The van der Waals surface area contributed by atoms with E-state index in [1.807, 2.05) is 0 Å². The van der Waals surface area contributed by atoms with Crippen LogP contribution >= 0.6 is 0 Å². The minimum Gasteiger partial charge on any atom is -0.382 e. The van der Waals surface area contributed by atoms with E-state index in [4.69, 9.17) is 5.73 Å². The van der Waals surface area contributed by atoms with Crippen LogP contribution in [0.4, 0.5) is 19.0 Å². The molecule has 2 aromatic heterocycles. The van der Waals surface area contributed by atoms with Crippen molar-refractivity contribution in [2.45, 2.75) is 6.18 Å². The minimum absolute atomic E-state index is 0.0000108. The van der Waals surface area contributed by atoms with Crippen LogP contribution in [0.2, 0.25) is 0 Å². The molecular weight excluding hydrogens is 269 g/mol. The Hall–Kier alpha value is -2.57. The quantitative estimate of drug-likeness (QED) is 0.744. The Morgan fingerprint density at radius 3 is 2.35 bits per heavy atom. The van der Waals surface area contributed by atoms with E-state index in [9.17, 15) is 13.2 Å². The molecule has 0 spiro atoms. The third-order valence-electron chi connectivity index (χ3n) is 2.81. The van der Waals surface area contributed by atoms with Gasteiger partial charge >= 0.3 is 6.18 Å². The fourth-order valence-corrected chi connectivity index (χ4v) is 2.00. The maximum Gasteiger partial charge on any atom is 0.435 e. The van der Waals surface area contributed by atoms with E-state index in [1.54, 1.807) is 30.3 Å². The summed E-state index contributed by atoms with van der Waals surface area (Å²) < 4.78 is 40.6. The van der Waals surface area contributed by atoms with Crippen molar-refractivity contribution in [3.8, 4) is 11.3 Å². The Labute approximate surface area is 111 Å². The van der Waals surface area contributed by atoms with Gasteiger partial charge < -0.3 is 5.73 Å². The lowest BCUT2D eigenvalue weighted by molar-refractivity contribution is -0.141. The highest BCUT2D eigenvalue weighted by atomic mass is 19.4. The van der Waals surface area contributed by atoms with E-state index in [2.05, 4.69) is 10.1 Å². The van der Waals surface area contributed by atoms with Gasteiger partial charge in [-0.1, -0.05) is 30.3 Å². The zero-order chi connectivity index (χ0) is 14.3. The number of aromatic nitrogens is 3. The zero-order valence-corrected chi connectivity index (χ0v) is 10.1. The Bertz CT molecular complexity index is 762. The van der Waals surface area contributed by atoms with E-state index in [0.29, 0.717) is 5.56 Å². The molecule has 2 heterocycles. The van der Waals surface area contributed by atoms with Gasteiger partial charge in [0.05, 0.1) is 0 Å². The summed E-state index contributed by atoms with van der Waals surface area (Å²) in [5.41, 5.74) is 4.86. The molecule has 0 radical (unpaired) electrons. The zero-order valence-electron chi connectivity index (χ0n) is 10.1. The van der Waals surface area contributed by atoms with Crippen LogP contribution < -0.4 is 5.73 Å². The van der Waals surface area contributed by atoms with Crippen molar-refractivity contribution in [3.05, 3.63) is 48.2 Å². The highest BCUT2D eigenvalue weighted by Crippen LogP contribution is 2.37. The molecular formula is C13H9F3N4. The fraction of sp³-hybridized carbons (Fsp3) is 0.0769. The molecule has 3 rings (SSSR count). The van der Waals surface area contributed by atoms with Gasteiger partial charge in [-0.05, 0) is 12.1 Å². The topological polar surface area (TPSA) is 56.2 Å². The second kappa shape index (κ2) is 4.22. The predicted octanol–water partition coefficient (Wildman–Crippen LogP) is 3.00. The maximum absolute atomic E-state index is 13.3. The van der Waals surface area contributed by atoms with Crippen molar-refractivity contribution >= 4 is 11.5 Å². The van der Waals surface area contributed by atoms with Gasteiger partial charge in [-0.25, -0.2) is 9.50 Å². The summed E-state index contributed by atoms with van der Waals surface area (Å²) in [7, 11) is 0. The van der Waals surface area contributed by atoms with E-state index in [1.165, 1.54) is 12.1 Å². The lowest BCUT2D eigenvalue weighted by Crippen LogP contribution is -2.12. The van der Waals surface area contributed by atoms with Crippen LogP contribution in [0.25, 0.3) is 16.9 Å². The molecule has 0 saturated carbocycles. The summed E-state index contributed by atoms with van der Waals surface area (Å²) in [5.74, 6) is 0.0000108. The fourth-order valence-electron chi connectivity index (χ4n) is 2.00. The molecule has 0 aliphatic heterocycles. The average molecular weight is 278 g/mol. The van der Waals surface area contributed by atoms with E-state index in [0.717, 1.165) is 4.52 Å². The van der Waals surface area contributed by atoms with Crippen molar-refractivity contribution in [2.24, 2.45) is 0 Å². The van der Waals surface area contributed by atoms with Crippen molar-refractivity contribution in [1.29, 1.82) is 0 Å². The van der Waals surface area contributed by atoms with Crippen LogP contribution in [0.3, 0.4) is 0 Å². The molecule has 0 aliphatic carbocycles. The number of imidazole rings is 1. The van der Waals surface area contributed by atoms with E-state index in [-0.39, 0.29) is 17.2 Å². The van der Waals surface area contributed by atoms with Crippen LogP contribution in [0.5, 0.6) is 0 Å². The Balaban J connectivity index is 2.37. The first-order valence-electron chi connectivity index (χ1n) is 5.75. The van der Waals surface area contributed by atoms with E-state index >= 15 is 0 Å². The monoisotopic (exact) mass is 278 g/mol. The molecule has 0 atom stereocenters.